The summed E-state index contributed by atoms with van der Waals surface area (Å²) in [5, 5.41) is 12.8. The molecule has 0 aliphatic rings. The molecule has 1 aromatic heterocycles. The smallest absolute Gasteiger partial charge is 0.251 e. The topological polar surface area (TPSA) is 71.3 Å². The predicted octanol–water partition coefficient (Wildman–Crippen LogP) is 1.38. The van der Waals surface area contributed by atoms with Crippen LogP contribution in [0.3, 0.4) is 0 Å². The van der Waals surface area contributed by atoms with Crippen LogP contribution in [0.5, 0.6) is 0 Å². The van der Waals surface area contributed by atoms with Gasteiger partial charge in [0.25, 0.3) is 11.5 Å². The number of nitrogens with one attached hydrogen (secondary N) is 1. The van der Waals surface area contributed by atoms with Crippen LogP contribution >= 0.6 is 0 Å². The molecule has 0 spiro atoms. The van der Waals surface area contributed by atoms with Gasteiger partial charge in [-0.3, -0.25) is 9.59 Å². The Morgan fingerprint density at radius 3 is 2.50 bits per heavy atom. The van der Waals surface area contributed by atoms with Gasteiger partial charge in [-0.2, -0.15) is 0 Å². The molecule has 0 aliphatic carbocycles. The van der Waals surface area contributed by atoms with Crippen LogP contribution in [-0.2, 0) is 7.05 Å². The molecule has 6 heteroatoms. The standard InChI is InChI=1S/C16H17FN2O3/c1-10(15(21)11-3-5-13(17)6-4-11)18-16(22)12-7-8-19(2)14(20)9-12/h3-10,15,21H,1-2H3,(H,18,22). The molecule has 22 heavy (non-hydrogen) atoms. The lowest BCUT2D eigenvalue weighted by Gasteiger charge is -2.20. The molecular formula is C16H17FN2O3. The highest BCUT2D eigenvalue weighted by Crippen LogP contribution is 2.17. The number of halogens is 1. The minimum atomic E-state index is -0.976. The maximum Gasteiger partial charge on any atom is 0.251 e. The van der Waals surface area contributed by atoms with Crippen LogP contribution in [0.2, 0.25) is 0 Å². The lowest BCUT2D eigenvalue weighted by molar-refractivity contribution is 0.0851. The van der Waals surface area contributed by atoms with Gasteiger partial charge in [0.05, 0.1) is 12.1 Å². The van der Waals surface area contributed by atoms with Crippen molar-refractivity contribution in [3.05, 3.63) is 69.9 Å². The first-order valence-corrected chi connectivity index (χ1v) is 6.79. The largest absolute Gasteiger partial charge is 0.386 e. The minimum Gasteiger partial charge on any atom is -0.386 e. The Balaban J connectivity index is 2.08. The van der Waals surface area contributed by atoms with E-state index in [0.29, 0.717) is 5.56 Å². The number of pyridine rings is 1. The molecule has 2 rings (SSSR count). The third-order valence-electron chi connectivity index (χ3n) is 3.41. The molecule has 0 fully saturated rings. The number of amides is 1. The van der Waals surface area contributed by atoms with E-state index in [-0.39, 0.29) is 11.1 Å². The summed E-state index contributed by atoms with van der Waals surface area (Å²) in [6, 6.07) is 7.56. The van der Waals surface area contributed by atoms with Crippen LogP contribution in [0.1, 0.15) is 28.9 Å². The van der Waals surface area contributed by atoms with Crippen molar-refractivity contribution < 1.29 is 14.3 Å². The predicted molar refractivity (Wildman–Crippen MR) is 80.0 cm³/mol. The van der Waals surface area contributed by atoms with E-state index in [2.05, 4.69) is 5.32 Å². The first kappa shape index (κ1) is 15.9. The molecule has 0 aliphatic heterocycles. The van der Waals surface area contributed by atoms with E-state index in [0.717, 1.165) is 0 Å². The van der Waals surface area contributed by atoms with Gasteiger partial charge in [-0.15, -0.1) is 0 Å². The van der Waals surface area contributed by atoms with Gasteiger partial charge in [0.2, 0.25) is 0 Å². The monoisotopic (exact) mass is 304 g/mol. The second-order valence-corrected chi connectivity index (χ2v) is 5.12. The molecule has 2 aromatic rings. The number of nitrogens with zero attached hydrogens (tertiary/aromatic N) is 1. The SMILES string of the molecule is CC(NC(=O)c1ccn(C)c(=O)c1)C(O)c1ccc(F)cc1. The molecule has 116 valence electrons. The van der Waals surface area contributed by atoms with Crippen molar-refractivity contribution in [2.24, 2.45) is 7.05 Å². The Labute approximate surface area is 127 Å². The molecule has 0 saturated heterocycles. The van der Waals surface area contributed by atoms with E-state index in [9.17, 15) is 19.1 Å². The van der Waals surface area contributed by atoms with Crippen molar-refractivity contribution in [2.75, 3.05) is 0 Å². The van der Waals surface area contributed by atoms with Gasteiger partial charge in [-0.1, -0.05) is 12.1 Å². The fraction of sp³-hybridized carbons (Fsp3) is 0.250. The summed E-state index contributed by atoms with van der Waals surface area (Å²) < 4.78 is 14.2. The first-order valence-electron chi connectivity index (χ1n) is 6.79. The highest BCUT2D eigenvalue weighted by molar-refractivity contribution is 5.94. The van der Waals surface area contributed by atoms with Gasteiger partial charge >= 0.3 is 0 Å². The molecule has 5 nitrogen and oxygen atoms in total. The molecule has 2 unspecified atom stereocenters. The third kappa shape index (κ3) is 3.59. The van der Waals surface area contributed by atoms with Crippen molar-refractivity contribution in [1.82, 2.24) is 9.88 Å². The van der Waals surface area contributed by atoms with Gasteiger partial charge in [0, 0.05) is 24.9 Å². The Morgan fingerprint density at radius 1 is 1.27 bits per heavy atom. The number of hydrogen-bond acceptors (Lipinski definition) is 3. The van der Waals surface area contributed by atoms with Crippen molar-refractivity contribution in [3.8, 4) is 0 Å². The van der Waals surface area contributed by atoms with Crippen LogP contribution in [0.4, 0.5) is 4.39 Å². The summed E-state index contributed by atoms with van der Waals surface area (Å²) in [4.78, 5) is 23.6. The summed E-state index contributed by atoms with van der Waals surface area (Å²) in [6.07, 6.45) is 0.522. The van der Waals surface area contributed by atoms with Gasteiger partial charge in [0.15, 0.2) is 0 Å². The number of benzene rings is 1. The van der Waals surface area contributed by atoms with E-state index in [1.54, 1.807) is 14.0 Å². The zero-order valence-electron chi connectivity index (χ0n) is 12.3. The second kappa shape index (κ2) is 6.53. The summed E-state index contributed by atoms with van der Waals surface area (Å²) >= 11 is 0. The lowest BCUT2D eigenvalue weighted by atomic mass is 10.0. The number of carbonyl (C=O) groups is 1. The van der Waals surface area contributed by atoms with E-state index in [1.807, 2.05) is 0 Å². The second-order valence-electron chi connectivity index (χ2n) is 5.12. The molecule has 1 heterocycles. The molecule has 1 aromatic carbocycles. The highest BCUT2D eigenvalue weighted by atomic mass is 19.1. The van der Waals surface area contributed by atoms with E-state index in [1.165, 1.54) is 47.2 Å². The number of aliphatic hydroxyl groups is 1. The summed E-state index contributed by atoms with van der Waals surface area (Å²) in [5.74, 6) is -0.848. The van der Waals surface area contributed by atoms with E-state index < -0.39 is 23.9 Å². The number of aliphatic hydroxyl groups excluding tert-OH is 1. The van der Waals surface area contributed by atoms with Crippen LogP contribution in [0.25, 0.3) is 0 Å². The van der Waals surface area contributed by atoms with Crippen molar-refractivity contribution >= 4 is 5.91 Å². The Bertz CT molecular complexity index is 725. The summed E-state index contributed by atoms with van der Waals surface area (Å²) in [7, 11) is 1.59. The fourth-order valence-electron chi connectivity index (χ4n) is 2.01. The van der Waals surface area contributed by atoms with Gasteiger partial charge in [-0.05, 0) is 30.7 Å². The average Bonchev–Trinajstić information content (AvgIpc) is 2.50. The fourth-order valence-corrected chi connectivity index (χ4v) is 2.01. The number of hydrogen-bond donors (Lipinski definition) is 2. The van der Waals surface area contributed by atoms with Gasteiger partial charge in [-0.25, -0.2) is 4.39 Å². The van der Waals surface area contributed by atoms with Crippen molar-refractivity contribution in [1.29, 1.82) is 0 Å². The molecule has 1 amide bonds. The van der Waals surface area contributed by atoms with E-state index >= 15 is 0 Å². The van der Waals surface area contributed by atoms with Gasteiger partial charge < -0.3 is 15.0 Å². The van der Waals surface area contributed by atoms with E-state index in [4.69, 9.17) is 0 Å². The normalized spacial score (nSPS) is 13.5. The Hall–Kier alpha value is -2.47. The maximum atomic E-state index is 12.9. The van der Waals surface area contributed by atoms with Crippen molar-refractivity contribution in [3.63, 3.8) is 0 Å². The third-order valence-corrected chi connectivity index (χ3v) is 3.41. The van der Waals surface area contributed by atoms with Crippen LogP contribution in [0.15, 0.2) is 47.4 Å². The van der Waals surface area contributed by atoms with Gasteiger partial charge in [0.1, 0.15) is 5.82 Å². The molecule has 0 bridgehead atoms. The number of carbonyl (C=O) groups excluding carboxylic acids is 1. The molecular weight excluding hydrogens is 287 g/mol. The summed E-state index contributed by atoms with van der Waals surface area (Å²) in [5.41, 5.74) is 0.429. The van der Waals surface area contributed by atoms with Crippen LogP contribution in [0, 0.1) is 5.82 Å². The van der Waals surface area contributed by atoms with Crippen LogP contribution < -0.4 is 10.9 Å². The molecule has 0 saturated carbocycles. The average molecular weight is 304 g/mol. The Kier molecular flexibility index (Phi) is 4.72. The first-order chi connectivity index (χ1) is 10.4. The number of rotatable bonds is 4. The zero-order chi connectivity index (χ0) is 16.3. The summed E-state index contributed by atoms with van der Waals surface area (Å²) in [6.45, 7) is 1.63. The minimum absolute atomic E-state index is 0.223. The highest BCUT2D eigenvalue weighted by Gasteiger charge is 2.19. The quantitative estimate of drug-likeness (QED) is 0.896. The Morgan fingerprint density at radius 2 is 1.91 bits per heavy atom. The van der Waals surface area contributed by atoms with Crippen LogP contribution in [-0.4, -0.2) is 21.6 Å². The number of aromatic nitrogens is 1. The zero-order valence-corrected chi connectivity index (χ0v) is 12.3. The molecule has 2 N–H and O–H groups in total. The lowest BCUT2D eigenvalue weighted by Crippen LogP contribution is -2.37. The van der Waals surface area contributed by atoms with Crippen molar-refractivity contribution in [2.45, 2.75) is 19.1 Å². The number of aryl methyl sites for hydroxylation is 1. The maximum absolute atomic E-state index is 12.9. The molecule has 2 atom stereocenters. The molecule has 0 radical (unpaired) electrons.